The van der Waals surface area contributed by atoms with E-state index < -0.39 is 0 Å². The SMILES string of the molecule is COc1ccc(C(=O)NNC(=O)CC2CCCCC2)cc1OC. The Hall–Kier alpha value is -2.24. The number of carbonyl (C=O) groups is 2. The normalized spacial score (nSPS) is 14.9. The molecule has 2 N–H and O–H groups in total. The maximum absolute atomic E-state index is 12.1. The van der Waals surface area contributed by atoms with Crippen molar-refractivity contribution in [2.45, 2.75) is 38.5 Å². The van der Waals surface area contributed by atoms with E-state index in [1.165, 1.54) is 33.5 Å². The van der Waals surface area contributed by atoms with E-state index in [-0.39, 0.29) is 11.8 Å². The molecule has 2 amide bonds. The zero-order valence-corrected chi connectivity index (χ0v) is 13.7. The van der Waals surface area contributed by atoms with Crippen LogP contribution in [0.4, 0.5) is 0 Å². The molecule has 2 rings (SSSR count). The smallest absolute Gasteiger partial charge is 0.269 e. The topological polar surface area (TPSA) is 76.7 Å². The number of rotatable bonds is 5. The van der Waals surface area contributed by atoms with Crippen LogP contribution < -0.4 is 20.3 Å². The number of hydrogen-bond donors (Lipinski definition) is 2. The van der Waals surface area contributed by atoms with Crippen molar-refractivity contribution in [3.63, 3.8) is 0 Å². The van der Waals surface area contributed by atoms with Gasteiger partial charge in [0, 0.05) is 12.0 Å². The number of carbonyl (C=O) groups excluding carboxylic acids is 2. The van der Waals surface area contributed by atoms with Gasteiger partial charge >= 0.3 is 0 Å². The van der Waals surface area contributed by atoms with Gasteiger partial charge in [0.25, 0.3) is 5.91 Å². The zero-order valence-electron chi connectivity index (χ0n) is 13.7. The summed E-state index contributed by atoms with van der Waals surface area (Å²) in [6, 6.07) is 4.84. The highest BCUT2D eigenvalue weighted by Gasteiger charge is 2.17. The summed E-state index contributed by atoms with van der Waals surface area (Å²) in [5.74, 6) is 0.912. The van der Waals surface area contributed by atoms with Gasteiger partial charge in [0.15, 0.2) is 11.5 Å². The Morgan fingerprint density at radius 2 is 1.74 bits per heavy atom. The molecule has 0 unspecified atom stereocenters. The van der Waals surface area contributed by atoms with Gasteiger partial charge in [0.1, 0.15) is 0 Å². The van der Waals surface area contributed by atoms with Crippen LogP contribution in [0, 0.1) is 5.92 Å². The second-order valence-corrected chi connectivity index (χ2v) is 5.78. The van der Waals surface area contributed by atoms with Gasteiger partial charge in [-0.05, 0) is 37.0 Å². The lowest BCUT2D eigenvalue weighted by Crippen LogP contribution is -2.42. The molecule has 6 nitrogen and oxygen atoms in total. The van der Waals surface area contributed by atoms with Crippen molar-refractivity contribution >= 4 is 11.8 Å². The molecular weight excluding hydrogens is 296 g/mol. The van der Waals surface area contributed by atoms with Crippen molar-refractivity contribution < 1.29 is 19.1 Å². The maximum Gasteiger partial charge on any atom is 0.269 e. The average molecular weight is 320 g/mol. The molecule has 0 spiro atoms. The standard InChI is InChI=1S/C17H24N2O4/c1-22-14-9-8-13(11-15(14)23-2)17(21)19-18-16(20)10-12-6-4-3-5-7-12/h8-9,11-12H,3-7,10H2,1-2H3,(H,18,20)(H,19,21). The van der Waals surface area contributed by atoms with Gasteiger partial charge < -0.3 is 9.47 Å². The first-order chi connectivity index (χ1) is 11.1. The van der Waals surface area contributed by atoms with E-state index in [4.69, 9.17) is 9.47 Å². The number of benzene rings is 1. The molecule has 0 bridgehead atoms. The second-order valence-electron chi connectivity index (χ2n) is 5.78. The number of hydrogen-bond acceptors (Lipinski definition) is 4. The number of ether oxygens (including phenoxy) is 2. The summed E-state index contributed by atoms with van der Waals surface area (Å²) in [4.78, 5) is 24.0. The summed E-state index contributed by atoms with van der Waals surface area (Å²) in [7, 11) is 3.04. The lowest BCUT2D eigenvalue weighted by molar-refractivity contribution is -0.123. The molecule has 0 saturated heterocycles. The fourth-order valence-corrected chi connectivity index (χ4v) is 2.88. The molecule has 0 aliphatic heterocycles. The van der Waals surface area contributed by atoms with E-state index in [2.05, 4.69) is 10.9 Å². The third kappa shape index (κ3) is 4.87. The van der Waals surface area contributed by atoms with E-state index in [9.17, 15) is 9.59 Å². The van der Waals surface area contributed by atoms with Crippen LogP contribution in [0.3, 0.4) is 0 Å². The highest BCUT2D eigenvalue weighted by Crippen LogP contribution is 2.27. The van der Waals surface area contributed by atoms with E-state index in [0.717, 1.165) is 12.8 Å². The quantitative estimate of drug-likeness (QED) is 0.817. The minimum atomic E-state index is -0.386. The summed E-state index contributed by atoms with van der Waals surface area (Å²) >= 11 is 0. The van der Waals surface area contributed by atoms with Gasteiger partial charge in [-0.15, -0.1) is 0 Å². The first-order valence-corrected chi connectivity index (χ1v) is 7.95. The predicted octanol–water partition coefficient (Wildman–Crippen LogP) is 2.44. The molecular formula is C17H24N2O4. The summed E-state index contributed by atoms with van der Waals surface area (Å²) in [6.07, 6.45) is 6.29. The molecule has 23 heavy (non-hydrogen) atoms. The minimum Gasteiger partial charge on any atom is -0.493 e. The van der Waals surface area contributed by atoms with Crippen LogP contribution in [-0.4, -0.2) is 26.0 Å². The monoisotopic (exact) mass is 320 g/mol. The van der Waals surface area contributed by atoms with Gasteiger partial charge in [-0.3, -0.25) is 20.4 Å². The van der Waals surface area contributed by atoms with Gasteiger partial charge in [0.2, 0.25) is 5.91 Å². The van der Waals surface area contributed by atoms with Gasteiger partial charge in [0.05, 0.1) is 14.2 Å². The highest BCUT2D eigenvalue weighted by atomic mass is 16.5. The van der Waals surface area contributed by atoms with Crippen LogP contribution in [0.1, 0.15) is 48.9 Å². The summed E-state index contributed by atoms with van der Waals surface area (Å²) in [5, 5.41) is 0. The van der Waals surface area contributed by atoms with Crippen molar-refractivity contribution in [2.24, 2.45) is 5.92 Å². The van der Waals surface area contributed by atoms with Crippen LogP contribution in [0.25, 0.3) is 0 Å². The largest absolute Gasteiger partial charge is 0.493 e. The Labute approximate surface area is 136 Å². The highest BCUT2D eigenvalue weighted by molar-refractivity contribution is 5.96. The minimum absolute atomic E-state index is 0.147. The van der Waals surface area contributed by atoms with Gasteiger partial charge in [-0.1, -0.05) is 19.3 Å². The van der Waals surface area contributed by atoms with E-state index in [0.29, 0.717) is 29.4 Å². The molecule has 1 aromatic rings. The summed E-state index contributed by atoms with van der Waals surface area (Å²) < 4.78 is 10.3. The Bertz CT molecular complexity index is 554. The molecule has 1 saturated carbocycles. The van der Waals surface area contributed by atoms with Crippen molar-refractivity contribution in [2.75, 3.05) is 14.2 Å². The zero-order chi connectivity index (χ0) is 16.7. The van der Waals surface area contributed by atoms with Crippen LogP contribution in [-0.2, 0) is 4.79 Å². The fraction of sp³-hybridized carbons (Fsp3) is 0.529. The lowest BCUT2D eigenvalue weighted by atomic mass is 9.87. The van der Waals surface area contributed by atoms with Crippen LogP contribution in [0.5, 0.6) is 11.5 Å². The molecule has 0 radical (unpaired) electrons. The molecule has 0 atom stereocenters. The maximum atomic E-state index is 12.1. The van der Waals surface area contributed by atoms with Crippen LogP contribution in [0.2, 0.25) is 0 Å². The third-order valence-corrected chi connectivity index (χ3v) is 4.16. The summed E-state index contributed by atoms with van der Waals surface area (Å²) in [6.45, 7) is 0. The molecule has 1 aromatic carbocycles. The van der Waals surface area contributed by atoms with Crippen LogP contribution >= 0.6 is 0 Å². The second kappa shape index (κ2) is 8.41. The van der Waals surface area contributed by atoms with E-state index in [1.807, 2.05) is 0 Å². The van der Waals surface area contributed by atoms with Gasteiger partial charge in [-0.2, -0.15) is 0 Å². The molecule has 126 valence electrons. The Kier molecular flexibility index (Phi) is 6.26. The van der Waals surface area contributed by atoms with Crippen molar-refractivity contribution in [3.05, 3.63) is 23.8 Å². The molecule has 0 aromatic heterocycles. The molecule has 1 aliphatic rings. The Morgan fingerprint density at radius 1 is 1.04 bits per heavy atom. The van der Waals surface area contributed by atoms with E-state index >= 15 is 0 Å². The predicted molar refractivity (Wildman–Crippen MR) is 86.3 cm³/mol. The number of amides is 2. The summed E-state index contributed by atoms with van der Waals surface area (Å²) in [5.41, 5.74) is 5.32. The first kappa shape index (κ1) is 17.1. The van der Waals surface area contributed by atoms with Crippen LogP contribution in [0.15, 0.2) is 18.2 Å². The molecule has 0 heterocycles. The number of methoxy groups -OCH3 is 2. The number of hydrazine groups is 1. The lowest BCUT2D eigenvalue weighted by Gasteiger charge is -2.20. The number of nitrogens with one attached hydrogen (secondary N) is 2. The average Bonchev–Trinajstić information content (AvgIpc) is 2.59. The Balaban J connectivity index is 1.85. The fourth-order valence-electron chi connectivity index (χ4n) is 2.88. The van der Waals surface area contributed by atoms with Crippen molar-refractivity contribution in [1.29, 1.82) is 0 Å². The molecule has 1 fully saturated rings. The van der Waals surface area contributed by atoms with Gasteiger partial charge in [-0.25, -0.2) is 0 Å². The van der Waals surface area contributed by atoms with E-state index in [1.54, 1.807) is 18.2 Å². The Morgan fingerprint density at radius 3 is 2.39 bits per heavy atom. The molecule has 6 heteroatoms. The van der Waals surface area contributed by atoms with Crippen molar-refractivity contribution in [1.82, 2.24) is 10.9 Å². The molecule has 1 aliphatic carbocycles. The third-order valence-electron chi connectivity index (χ3n) is 4.16. The first-order valence-electron chi connectivity index (χ1n) is 7.95. The van der Waals surface area contributed by atoms with Crippen molar-refractivity contribution in [3.8, 4) is 11.5 Å².